The summed E-state index contributed by atoms with van der Waals surface area (Å²) in [5, 5.41) is 7.91. The molecule has 0 unspecified atom stereocenters. The van der Waals surface area contributed by atoms with E-state index in [-0.39, 0.29) is 17.3 Å². The van der Waals surface area contributed by atoms with Crippen LogP contribution in [0.25, 0.3) is 55.0 Å². The highest BCUT2D eigenvalue weighted by molar-refractivity contribution is 8.00. The van der Waals surface area contributed by atoms with Gasteiger partial charge in [0.15, 0.2) is 12.0 Å². The molecule has 0 bridgehead atoms. The van der Waals surface area contributed by atoms with Gasteiger partial charge < -0.3 is 0 Å². The zero-order chi connectivity index (χ0) is 34.2. The number of pyridine rings is 1. The first-order valence-electron chi connectivity index (χ1n) is 17.6. The Kier molecular flexibility index (Phi) is 8.14. The van der Waals surface area contributed by atoms with Crippen molar-refractivity contribution in [1.82, 2.24) is 15.0 Å². The van der Waals surface area contributed by atoms with Crippen molar-refractivity contribution in [3.63, 3.8) is 0 Å². The molecule has 4 aromatic carbocycles. The zero-order valence-corrected chi connectivity index (χ0v) is 31.4. The van der Waals surface area contributed by atoms with E-state index in [1.807, 2.05) is 11.8 Å². The summed E-state index contributed by atoms with van der Waals surface area (Å²) in [5.41, 5.74) is 8.27. The molecule has 0 atom stereocenters. The number of rotatable bonds is 6. The number of hydrogen-bond donors (Lipinski definition) is 0. The van der Waals surface area contributed by atoms with Gasteiger partial charge in [-0.15, -0.1) is 0 Å². The predicted molar refractivity (Wildman–Crippen MR) is 203 cm³/mol. The van der Waals surface area contributed by atoms with Crippen LogP contribution in [-0.2, 0) is 19.9 Å². The van der Waals surface area contributed by atoms with E-state index in [1.165, 1.54) is 70.1 Å². The molecular formula is C43H49N4S+. The highest BCUT2D eigenvalue weighted by Gasteiger charge is 2.33. The van der Waals surface area contributed by atoms with Gasteiger partial charge in [0, 0.05) is 38.6 Å². The van der Waals surface area contributed by atoms with E-state index in [0.29, 0.717) is 5.92 Å². The number of benzene rings is 4. The summed E-state index contributed by atoms with van der Waals surface area (Å²) in [7, 11) is 2.21. The number of hydrogen-bond acceptors (Lipinski definition) is 4. The Labute approximate surface area is 290 Å². The molecule has 4 nitrogen and oxygen atoms in total. The Morgan fingerprint density at radius 2 is 1.48 bits per heavy atom. The lowest BCUT2D eigenvalue weighted by molar-refractivity contribution is -0.659. The third kappa shape index (κ3) is 5.68. The topological polar surface area (TPSA) is 42.6 Å². The number of fused-ring (bicyclic) bond motifs is 5. The Morgan fingerprint density at radius 1 is 0.771 bits per heavy atom. The van der Waals surface area contributed by atoms with Crippen molar-refractivity contribution in [1.29, 1.82) is 0 Å². The summed E-state index contributed by atoms with van der Waals surface area (Å²) in [4.78, 5) is 17.5. The van der Waals surface area contributed by atoms with E-state index >= 15 is 0 Å². The van der Waals surface area contributed by atoms with Crippen LogP contribution in [-0.4, -0.2) is 15.0 Å². The van der Waals surface area contributed by atoms with E-state index in [0.717, 1.165) is 35.9 Å². The second-order valence-corrected chi connectivity index (χ2v) is 17.2. The first kappa shape index (κ1) is 32.7. The van der Waals surface area contributed by atoms with Gasteiger partial charge in [-0.3, -0.25) is 0 Å². The Balaban J connectivity index is 1.51. The molecule has 1 aliphatic rings. The van der Waals surface area contributed by atoms with Gasteiger partial charge in [-0.1, -0.05) is 104 Å². The average molecular weight is 654 g/mol. The number of aromatic nitrogens is 4. The summed E-state index contributed by atoms with van der Waals surface area (Å²) < 4.78 is 2.35. The molecular weight excluding hydrogens is 605 g/mol. The largest absolute Gasteiger partial charge is 0.222 e. The van der Waals surface area contributed by atoms with Gasteiger partial charge in [0.05, 0.1) is 10.9 Å². The molecule has 0 fully saturated rings. The SMILES string of the molecule is Cc1c2c(c(CC(C)C)c3ccc(CC(C)(C)C)cc13)Sc1cc3ccc(-c4nc(C(C)C)nc(C(C)C)n4)cc3c3cc[n+](C)c-2c13. The van der Waals surface area contributed by atoms with E-state index < -0.39 is 0 Å². The van der Waals surface area contributed by atoms with Crippen LogP contribution in [0.3, 0.4) is 0 Å². The average Bonchev–Trinajstić information content (AvgIpc) is 3.02. The molecule has 48 heavy (non-hydrogen) atoms. The maximum Gasteiger partial charge on any atom is 0.222 e. The third-order valence-electron chi connectivity index (χ3n) is 9.65. The minimum atomic E-state index is 0.232. The van der Waals surface area contributed by atoms with Crippen LogP contribution in [0.2, 0.25) is 0 Å². The molecule has 6 aromatic rings. The molecule has 1 aliphatic heterocycles. The first-order valence-corrected chi connectivity index (χ1v) is 18.4. The van der Waals surface area contributed by atoms with Crippen LogP contribution in [0.4, 0.5) is 0 Å². The van der Waals surface area contributed by atoms with Crippen LogP contribution in [0.15, 0.2) is 64.5 Å². The second kappa shape index (κ2) is 11.9. The van der Waals surface area contributed by atoms with Gasteiger partial charge in [0.2, 0.25) is 5.69 Å². The lowest BCUT2D eigenvalue weighted by atomic mass is 9.84. The van der Waals surface area contributed by atoms with Crippen molar-refractivity contribution in [3.05, 3.63) is 83.1 Å². The van der Waals surface area contributed by atoms with Gasteiger partial charge >= 0.3 is 0 Å². The lowest BCUT2D eigenvalue weighted by Crippen LogP contribution is -2.32. The molecule has 7 rings (SSSR count). The summed E-state index contributed by atoms with van der Waals surface area (Å²) in [5.74, 6) is 3.48. The fraction of sp³-hybridized carbons (Fsp3) is 0.395. The lowest BCUT2D eigenvalue weighted by Gasteiger charge is -2.26. The minimum Gasteiger partial charge on any atom is -0.217 e. The molecule has 3 heterocycles. The second-order valence-electron chi connectivity index (χ2n) is 16.2. The molecule has 0 N–H and O–H groups in total. The zero-order valence-electron chi connectivity index (χ0n) is 30.5. The highest BCUT2D eigenvalue weighted by Crippen LogP contribution is 2.53. The molecule has 0 radical (unpaired) electrons. The van der Waals surface area contributed by atoms with Crippen molar-refractivity contribution in [2.75, 3.05) is 0 Å². The van der Waals surface area contributed by atoms with Crippen molar-refractivity contribution in [2.24, 2.45) is 18.4 Å². The van der Waals surface area contributed by atoms with Crippen LogP contribution in [0.5, 0.6) is 0 Å². The first-order chi connectivity index (χ1) is 22.7. The predicted octanol–water partition coefficient (Wildman–Crippen LogP) is 11.3. The summed E-state index contributed by atoms with van der Waals surface area (Å²) >= 11 is 1.97. The van der Waals surface area contributed by atoms with E-state index in [9.17, 15) is 0 Å². The minimum absolute atomic E-state index is 0.232. The van der Waals surface area contributed by atoms with Crippen molar-refractivity contribution in [3.8, 4) is 22.6 Å². The van der Waals surface area contributed by atoms with Crippen LogP contribution in [0, 0.1) is 18.3 Å². The summed E-state index contributed by atoms with van der Waals surface area (Å²) in [6, 6.07) is 18.7. The van der Waals surface area contributed by atoms with Crippen LogP contribution in [0.1, 0.15) is 102 Å². The summed E-state index contributed by atoms with van der Waals surface area (Å²) in [6.45, 7) is 22.6. The molecule has 0 aliphatic carbocycles. The Hall–Kier alpha value is -3.83. The normalized spacial score (nSPS) is 13.1. The van der Waals surface area contributed by atoms with E-state index in [2.05, 4.69) is 136 Å². The molecule has 2 aromatic heterocycles. The van der Waals surface area contributed by atoms with Gasteiger partial charge in [0.1, 0.15) is 18.7 Å². The summed E-state index contributed by atoms with van der Waals surface area (Å²) in [6.07, 6.45) is 4.37. The van der Waals surface area contributed by atoms with Crippen molar-refractivity contribution in [2.45, 2.75) is 104 Å². The highest BCUT2D eigenvalue weighted by atomic mass is 32.2. The smallest absolute Gasteiger partial charge is 0.217 e. The van der Waals surface area contributed by atoms with Gasteiger partial charge in [-0.2, -0.15) is 0 Å². The Morgan fingerprint density at radius 3 is 2.12 bits per heavy atom. The van der Waals surface area contributed by atoms with Crippen molar-refractivity contribution >= 4 is 44.1 Å². The van der Waals surface area contributed by atoms with Crippen LogP contribution >= 0.6 is 11.8 Å². The third-order valence-corrected chi connectivity index (χ3v) is 10.8. The van der Waals surface area contributed by atoms with Gasteiger partial charge in [-0.25, -0.2) is 19.5 Å². The monoisotopic (exact) mass is 653 g/mol. The molecule has 0 spiro atoms. The maximum absolute atomic E-state index is 4.95. The molecule has 0 saturated carbocycles. The molecule has 246 valence electrons. The molecule has 5 heteroatoms. The fourth-order valence-electron chi connectivity index (χ4n) is 7.41. The van der Waals surface area contributed by atoms with Gasteiger partial charge in [-0.05, 0) is 81.5 Å². The standard InChI is InChI=1S/C43H49N4S/c1-23(2)18-34-30-15-12-27(22-43(8,9)10)19-32(30)26(7)36-38-37-31(16-17-47(38)11)33-20-29(14-13-28(33)21-35(37)48-39(34)36)42-45-40(24(3)4)44-41(46-42)25(5)6/h12-17,19-21,23-25H,18,22H2,1-11H3/q+1. The van der Waals surface area contributed by atoms with E-state index in [1.54, 1.807) is 0 Å². The molecule has 0 amide bonds. The van der Waals surface area contributed by atoms with E-state index in [4.69, 9.17) is 15.0 Å². The fourth-order valence-corrected chi connectivity index (χ4v) is 8.79. The number of aryl methyl sites for hydroxylation is 2. The van der Waals surface area contributed by atoms with Crippen molar-refractivity contribution < 1.29 is 4.57 Å². The Bertz CT molecular complexity index is 2230. The molecule has 0 saturated heterocycles. The van der Waals surface area contributed by atoms with Crippen LogP contribution < -0.4 is 4.57 Å². The quantitative estimate of drug-likeness (QED) is 0.132. The maximum atomic E-state index is 4.95. The number of nitrogens with zero attached hydrogens (tertiary/aromatic N) is 4. The van der Waals surface area contributed by atoms with Gasteiger partial charge in [0.25, 0.3) is 0 Å².